The summed E-state index contributed by atoms with van der Waals surface area (Å²) in [5, 5.41) is 0. The van der Waals surface area contributed by atoms with Crippen LogP contribution in [0.4, 0.5) is 0 Å². The third-order valence-electron chi connectivity index (χ3n) is 3.51. The standard InChI is InChI=1S/C14H20BrNO/c1-9(16)13-11-7-5-3-4-6-10(11)8-12(15)14(13)17-2/h8-9H,3-7,16H2,1-2H3. The molecule has 0 amide bonds. The number of nitrogens with two attached hydrogens (primary N) is 1. The normalized spacial score (nSPS) is 17.2. The quantitative estimate of drug-likeness (QED) is 0.844. The van der Waals surface area contributed by atoms with Crippen molar-refractivity contribution in [2.24, 2.45) is 5.73 Å². The van der Waals surface area contributed by atoms with Crippen LogP contribution in [0.1, 0.15) is 48.9 Å². The molecular weight excluding hydrogens is 278 g/mol. The zero-order chi connectivity index (χ0) is 12.4. The molecule has 0 saturated heterocycles. The van der Waals surface area contributed by atoms with E-state index in [1.54, 1.807) is 7.11 Å². The first-order valence-electron chi connectivity index (χ1n) is 6.29. The Morgan fingerprint density at radius 3 is 2.65 bits per heavy atom. The number of fused-ring (bicyclic) bond motifs is 1. The van der Waals surface area contributed by atoms with E-state index in [-0.39, 0.29) is 6.04 Å². The highest BCUT2D eigenvalue weighted by Gasteiger charge is 2.21. The van der Waals surface area contributed by atoms with Crippen molar-refractivity contribution in [1.82, 2.24) is 0 Å². The van der Waals surface area contributed by atoms with E-state index in [0.717, 1.165) is 23.1 Å². The Morgan fingerprint density at radius 1 is 1.29 bits per heavy atom. The first-order chi connectivity index (χ1) is 8.15. The molecule has 1 atom stereocenters. The second-order valence-corrected chi connectivity index (χ2v) is 5.65. The molecule has 0 aliphatic heterocycles. The smallest absolute Gasteiger partial charge is 0.138 e. The first kappa shape index (κ1) is 12.9. The lowest BCUT2D eigenvalue weighted by Crippen LogP contribution is -2.12. The molecule has 1 aliphatic carbocycles. The van der Waals surface area contributed by atoms with Crippen LogP contribution in [-0.4, -0.2) is 7.11 Å². The molecule has 2 nitrogen and oxygen atoms in total. The van der Waals surface area contributed by atoms with Gasteiger partial charge < -0.3 is 10.5 Å². The van der Waals surface area contributed by atoms with Crippen LogP contribution >= 0.6 is 15.9 Å². The predicted octanol–water partition coefficient (Wildman–Crippen LogP) is 3.75. The van der Waals surface area contributed by atoms with E-state index in [9.17, 15) is 0 Å². The maximum absolute atomic E-state index is 6.13. The van der Waals surface area contributed by atoms with Gasteiger partial charge in [0.2, 0.25) is 0 Å². The van der Waals surface area contributed by atoms with Gasteiger partial charge in [-0.3, -0.25) is 0 Å². The van der Waals surface area contributed by atoms with Crippen molar-refractivity contribution in [1.29, 1.82) is 0 Å². The number of benzene rings is 1. The third-order valence-corrected chi connectivity index (χ3v) is 4.10. The van der Waals surface area contributed by atoms with Gasteiger partial charge in [0, 0.05) is 11.6 Å². The Morgan fingerprint density at radius 2 is 2.00 bits per heavy atom. The maximum atomic E-state index is 6.13. The van der Waals surface area contributed by atoms with Crippen molar-refractivity contribution in [3.05, 3.63) is 27.2 Å². The molecule has 1 unspecified atom stereocenters. The number of aryl methyl sites for hydroxylation is 1. The Balaban J connectivity index is 2.62. The predicted molar refractivity (Wildman–Crippen MR) is 74.6 cm³/mol. The third kappa shape index (κ3) is 2.50. The van der Waals surface area contributed by atoms with Crippen molar-refractivity contribution in [2.45, 2.75) is 45.1 Å². The van der Waals surface area contributed by atoms with Crippen LogP contribution in [0, 0.1) is 0 Å². The lowest BCUT2D eigenvalue weighted by molar-refractivity contribution is 0.403. The Bertz CT molecular complexity index is 415. The van der Waals surface area contributed by atoms with Gasteiger partial charge in [0.15, 0.2) is 0 Å². The number of hydrogen-bond acceptors (Lipinski definition) is 2. The monoisotopic (exact) mass is 297 g/mol. The van der Waals surface area contributed by atoms with Crippen LogP contribution in [0.15, 0.2) is 10.5 Å². The molecule has 1 aromatic carbocycles. The Hall–Kier alpha value is -0.540. The molecule has 17 heavy (non-hydrogen) atoms. The maximum Gasteiger partial charge on any atom is 0.138 e. The molecule has 0 heterocycles. The highest BCUT2D eigenvalue weighted by Crippen LogP contribution is 2.39. The average Bonchev–Trinajstić information content (AvgIpc) is 2.51. The second kappa shape index (κ2) is 5.40. The molecule has 0 saturated carbocycles. The second-order valence-electron chi connectivity index (χ2n) is 4.79. The molecule has 2 N–H and O–H groups in total. The molecule has 0 radical (unpaired) electrons. The largest absolute Gasteiger partial charge is 0.495 e. The van der Waals surface area contributed by atoms with Crippen molar-refractivity contribution in [3.63, 3.8) is 0 Å². The van der Waals surface area contributed by atoms with Crippen LogP contribution in [-0.2, 0) is 12.8 Å². The van der Waals surface area contributed by atoms with Crippen LogP contribution < -0.4 is 10.5 Å². The van der Waals surface area contributed by atoms with E-state index in [1.165, 1.54) is 36.0 Å². The van der Waals surface area contributed by atoms with Crippen LogP contribution in [0.5, 0.6) is 5.75 Å². The highest BCUT2D eigenvalue weighted by atomic mass is 79.9. The first-order valence-corrected chi connectivity index (χ1v) is 7.08. The van der Waals surface area contributed by atoms with E-state index in [2.05, 4.69) is 22.0 Å². The minimum atomic E-state index is 0.0225. The van der Waals surface area contributed by atoms with Crippen molar-refractivity contribution >= 4 is 15.9 Å². The molecule has 2 rings (SSSR count). The lowest BCUT2D eigenvalue weighted by atomic mass is 9.92. The number of rotatable bonds is 2. The topological polar surface area (TPSA) is 35.2 Å². The van der Waals surface area contributed by atoms with E-state index in [0.29, 0.717) is 0 Å². The van der Waals surface area contributed by atoms with Crippen LogP contribution in [0.2, 0.25) is 0 Å². The molecule has 0 spiro atoms. The minimum absolute atomic E-state index is 0.0225. The molecule has 3 heteroatoms. The van der Waals surface area contributed by atoms with Gasteiger partial charge in [0.25, 0.3) is 0 Å². The SMILES string of the molecule is COc1c(Br)cc2c(c1C(C)N)CCCCC2. The van der Waals surface area contributed by atoms with Gasteiger partial charge in [-0.15, -0.1) is 0 Å². The summed E-state index contributed by atoms with van der Waals surface area (Å²) in [6, 6.07) is 2.24. The summed E-state index contributed by atoms with van der Waals surface area (Å²) < 4.78 is 6.55. The molecule has 0 fully saturated rings. The van der Waals surface area contributed by atoms with Crippen molar-refractivity contribution < 1.29 is 4.74 Å². The highest BCUT2D eigenvalue weighted by molar-refractivity contribution is 9.10. The van der Waals surface area contributed by atoms with Gasteiger partial charge in [0.1, 0.15) is 5.75 Å². The summed E-state index contributed by atoms with van der Waals surface area (Å²) in [6.07, 6.45) is 6.15. The van der Waals surface area contributed by atoms with Crippen molar-refractivity contribution in [3.8, 4) is 5.75 Å². The van der Waals surface area contributed by atoms with Gasteiger partial charge in [0.05, 0.1) is 11.6 Å². The molecule has 0 aromatic heterocycles. The Kier molecular flexibility index (Phi) is 4.10. The molecule has 1 aromatic rings. The number of methoxy groups -OCH3 is 1. The zero-order valence-electron chi connectivity index (χ0n) is 10.6. The molecule has 94 valence electrons. The summed E-state index contributed by atoms with van der Waals surface area (Å²) in [5.74, 6) is 0.917. The van der Waals surface area contributed by atoms with E-state index < -0.39 is 0 Å². The Labute approximate surface area is 112 Å². The fourth-order valence-electron chi connectivity index (χ4n) is 2.75. The molecule has 0 bridgehead atoms. The summed E-state index contributed by atoms with van der Waals surface area (Å²) >= 11 is 3.60. The molecule has 1 aliphatic rings. The summed E-state index contributed by atoms with van der Waals surface area (Å²) in [4.78, 5) is 0. The fraction of sp³-hybridized carbons (Fsp3) is 0.571. The fourth-order valence-corrected chi connectivity index (χ4v) is 3.40. The van der Waals surface area contributed by atoms with E-state index in [4.69, 9.17) is 10.5 Å². The van der Waals surface area contributed by atoms with Gasteiger partial charge in [-0.2, -0.15) is 0 Å². The number of halogens is 1. The molecular formula is C14H20BrNO. The van der Waals surface area contributed by atoms with Crippen molar-refractivity contribution in [2.75, 3.05) is 7.11 Å². The van der Waals surface area contributed by atoms with Gasteiger partial charge in [-0.1, -0.05) is 6.42 Å². The summed E-state index contributed by atoms with van der Waals surface area (Å²) in [6.45, 7) is 2.04. The number of ether oxygens (including phenoxy) is 1. The van der Waals surface area contributed by atoms with E-state index in [1.807, 2.05) is 6.92 Å². The minimum Gasteiger partial charge on any atom is -0.495 e. The van der Waals surface area contributed by atoms with Crippen LogP contribution in [0.3, 0.4) is 0 Å². The van der Waals surface area contributed by atoms with Gasteiger partial charge in [-0.25, -0.2) is 0 Å². The average molecular weight is 298 g/mol. The summed E-state index contributed by atoms with van der Waals surface area (Å²) in [7, 11) is 1.72. The van der Waals surface area contributed by atoms with Gasteiger partial charge >= 0.3 is 0 Å². The summed E-state index contributed by atoms with van der Waals surface area (Å²) in [5.41, 5.74) is 10.2. The zero-order valence-corrected chi connectivity index (χ0v) is 12.1. The number of hydrogen-bond donors (Lipinski definition) is 1. The lowest BCUT2D eigenvalue weighted by Gasteiger charge is -2.20. The van der Waals surface area contributed by atoms with Gasteiger partial charge in [-0.05, 0) is 65.7 Å². The van der Waals surface area contributed by atoms with E-state index >= 15 is 0 Å². The van der Waals surface area contributed by atoms with Crippen LogP contribution in [0.25, 0.3) is 0 Å².